The van der Waals surface area contributed by atoms with Gasteiger partial charge >= 0.3 is 0 Å². The van der Waals surface area contributed by atoms with Crippen LogP contribution in [-0.2, 0) is 9.47 Å². The van der Waals surface area contributed by atoms with Gasteiger partial charge < -0.3 is 14.6 Å². The molecule has 0 radical (unpaired) electrons. The summed E-state index contributed by atoms with van der Waals surface area (Å²) < 4.78 is 10.3. The van der Waals surface area contributed by atoms with Gasteiger partial charge in [-0.25, -0.2) is 0 Å². The molecule has 0 amide bonds. The molecule has 0 saturated heterocycles. The van der Waals surface area contributed by atoms with Crippen LogP contribution in [0.15, 0.2) is 12.2 Å². The van der Waals surface area contributed by atoms with E-state index in [9.17, 15) is 0 Å². The van der Waals surface area contributed by atoms with Gasteiger partial charge in [0.2, 0.25) is 0 Å². The molecule has 3 nitrogen and oxygen atoms in total. The second-order valence-electron chi connectivity index (χ2n) is 4.23. The van der Waals surface area contributed by atoms with Crippen molar-refractivity contribution in [1.82, 2.24) is 0 Å². The lowest BCUT2D eigenvalue weighted by atomic mass is 10.1. The minimum atomic E-state index is -0.0311. The summed E-state index contributed by atoms with van der Waals surface area (Å²) in [4.78, 5) is 0. The van der Waals surface area contributed by atoms with Crippen LogP contribution >= 0.6 is 0 Å². The summed E-state index contributed by atoms with van der Waals surface area (Å²) in [5.74, 6) is 0. The molecule has 0 bridgehead atoms. The standard InChI is InChI=1S/C14H28O3/c1-16-14(17-2)12-10-8-6-4-3-5-7-9-11-13-15/h7,9,14-15H,3-6,8,10-13H2,1-2H3/b9-7+. The maximum Gasteiger partial charge on any atom is 0.156 e. The summed E-state index contributed by atoms with van der Waals surface area (Å²) in [5.41, 5.74) is 0. The third-order valence-electron chi connectivity index (χ3n) is 2.80. The lowest BCUT2D eigenvalue weighted by Gasteiger charge is -2.12. The quantitative estimate of drug-likeness (QED) is 0.325. The molecule has 0 unspecified atom stereocenters. The van der Waals surface area contributed by atoms with Gasteiger partial charge in [-0.05, 0) is 32.1 Å². The monoisotopic (exact) mass is 244 g/mol. The molecule has 3 heteroatoms. The van der Waals surface area contributed by atoms with Crippen molar-refractivity contribution in [3.8, 4) is 0 Å². The summed E-state index contributed by atoms with van der Waals surface area (Å²) in [7, 11) is 3.37. The molecule has 0 fully saturated rings. The number of aliphatic hydroxyl groups excluding tert-OH is 1. The molecule has 1 N–H and O–H groups in total. The van der Waals surface area contributed by atoms with E-state index in [0.29, 0.717) is 0 Å². The molecular formula is C14H28O3. The van der Waals surface area contributed by atoms with Crippen molar-refractivity contribution in [1.29, 1.82) is 0 Å². The molecule has 0 aliphatic carbocycles. The zero-order valence-electron chi connectivity index (χ0n) is 11.4. The molecule has 0 saturated carbocycles. The third kappa shape index (κ3) is 11.9. The zero-order valence-corrected chi connectivity index (χ0v) is 11.4. The fraction of sp³-hybridized carbons (Fsp3) is 0.857. The van der Waals surface area contributed by atoms with Crippen LogP contribution < -0.4 is 0 Å². The first kappa shape index (κ1) is 16.6. The van der Waals surface area contributed by atoms with Gasteiger partial charge in [-0.15, -0.1) is 0 Å². The smallest absolute Gasteiger partial charge is 0.156 e. The van der Waals surface area contributed by atoms with Crippen molar-refractivity contribution in [3.05, 3.63) is 12.2 Å². The first-order chi connectivity index (χ1) is 8.35. The predicted molar refractivity (Wildman–Crippen MR) is 71.0 cm³/mol. The highest BCUT2D eigenvalue weighted by molar-refractivity contribution is 4.80. The number of aliphatic hydroxyl groups is 1. The van der Waals surface area contributed by atoms with Crippen molar-refractivity contribution >= 4 is 0 Å². The van der Waals surface area contributed by atoms with E-state index >= 15 is 0 Å². The molecule has 0 aliphatic rings. The third-order valence-corrected chi connectivity index (χ3v) is 2.80. The highest BCUT2D eigenvalue weighted by Gasteiger charge is 2.03. The van der Waals surface area contributed by atoms with Crippen LogP contribution in [0, 0.1) is 0 Å². The number of hydrogen-bond acceptors (Lipinski definition) is 3. The van der Waals surface area contributed by atoms with E-state index in [-0.39, 0.29) is 12.9 Å². The van der Waals surface area contributed by atoms with E-state index in [4.69, 9.17) is 14.6 Å². The largest absolute Gasteiger partial charge is 0.396 e. The number of ether oxygens (including phenoxy) is 2. The van der Waals surface area contributed by atoms with E-state index < -0.39 is 0 Å². The molecule has 0 rings (SSSR count). The molecule has 102 valence electrons. The number of unbranched alkanes of at least 4 members (excludes halogenated alkanes) is 5. The van der Waals surface area contributed by atoms with E-state index in [1.807, 2.05) is 0 Å². The lowest BCUT2D eigenvalue weighted by Crippen LogP contribution is -2.12. The molecule has 0 spiro atoms. The van der Waals surface area contributed by atoms with Crippen molar-refractivity contribution in [3.63, 3.8) is 0 Å². The number of rotatable bonds is 12. The lowest BCUT2D eigenvalue weighted by molar-refractivity contribution is -0.107. The predicted octanol–water partition coefficient (Wildman–Crippen LogP) is 3.27. The molecule has 0 aromatic heterocycles. The maximum atomic E-state index is 8.58. The Balaban J connectivity index is 3.13. The first-order valence-electron chi connectivity index (χ1n) is 6.66. The van der Waals surface area contributed by atoms with Crippen LogP contribution in [0.2, 0.25) is 0 Å². The van der Waals surface area contributed by atoms with Crippen LogP contribution in [0.25, 0.3) is 0 Å². The Bertz CT molecular complexity index is 165. The second-order valence-corrected chi connectivity index (χ2v) is 4.23. The first-order valence-corrected chi connectivity index (χ1v) is 6.66. The average Bonchev–Trinajstić information content (AvgIpc) is 2.36. The minimum Gasteiger partial charge on any atom is -0.396 e. The maximum absolute atomic E-state index is 8.58. The van der Waals surface area contributed by atoms with Crippen molar-refractivity contribution in [2.45, 2.75) is 57.7 Å². The normalized spacial score (nSPS) is 11.8. The van der Waals surface area contributed by atoms with Gasteiger partial charge in [0.05, 0.1) is 0 Å². The summed E-state index contributed by atoms with van der Waals surface area (Å²) in [6, 6.07) is 0. The Labute approximate surface area is 106 Å². The molecule has 0 aliphatic heterocycles. The van der Waals surface area contributed by atoms with Gasteiger partial charge in [-0.2, -0.15) is 0 Å². The number of allylic oxidation sites excluding steroid dienone is 1. The SMILES string of the molecule is COC(CCCCCCC/C=C/CCO)OC. The van der Waals surface area contributed by atoms with Crippen LogP contribution in [0.5, 0.6) is 0 Å². The Morgan fingerprint density at radius 3 is 2.12 bits per heavy atom. The Kier molecular flexibility index (Phi) is 13.4. The Hall–Kier alpha value is -0.380. The van der Waals surface area contributed by atoms with Gasteiger partial charge in [-0.3, -0.25) is 0 Å². The van der Waals surface area contributed by atoms with Gasteiger partial charge in [-0.1, -0.05) is 31.4 Å². The van der Waals surface area contributed by atoms with E-state index in [1.165, 1.54) is 32.1 Å². The average molecular weight is 244 g/mol. The van der Waals surface area contributed by atoms with Crippen molar-refractivity contribution in [2.24, 2.45) is 0 Å². The van der Waals surface area contributed by atoms with Gasteiger partial charge in [0.15, 0.2) is 6.29 Å². The molecule has 0 heterocycles. The van der Waals surface area contributed by atoms with Gasteiger partial charge in [0.25, 0.3) is 0 Å². The fourth-order valence-corrected chi connectivity index (χ4v) is 1.75. The van der Waals surface area contributed by atoms with Gasteiger partial charge in [0, 0.05) is 20.8 Å². The van der Waals surface area contributed by atoms with E-state index in [0.717, 1.165) is 19.3 Å². The molecular weight excluding hydrogens is 216 g/mol. The van der Waals surface area contributed by atoms with Crippen LogP contribution in [0.3, 0.4) is 0 Å². The number of methoxy groups -OCH3 is 2. The molecule has 17 heavy (non-hydrogen) atoms. The summed E-state index contributed by atoms with van der Waals surface area (Å²) >= 11 is 0. The van der Waals surface area contributed by atoms with E-state index in [2.05, 4.69) is 12.2 Å². The molecule has 0 aromatic carbocycles. The summed E-state index contributed by atoms with van der Waals surface area (Å²) in [5, 5.41) is 8.58. The van der Waals surface area contributed by atoms with Gasteiger partial charge in [0.1, 0.15) is 0 Å². The number of hydrogen-bond donors (Lipinski definition) is 1. The summed E-state index contributed by atoms with van der Waals surface area (Å²) in [6.45, 7) is 0.261. The van der Waals surface area contributed by atoms with Crippen molar-refractivity contribution < 1.29 is 14.6 Å². The topological polar surface area (TPSA) is 38.7 Å². The second kappa shape index (κ2) is 13.7. The Morgan fingerprint density at radius 1 is 0.882 bits per heavy atom. The highest BCUT2D eigenvalue weighted by Crippen LogP contribution is 2.10. The van der Waals surface area contributed by atoms with E-state index in [1.54, 1.807) is 14.2 Å². The molecule has 0 atom stereocenters. The van der Waals surface area contributed by atoms with Crippen molar-refractivity contribution in [2.75, 3.05) is 20.8 Å². The molecule has 0 aromatic rings. The minimum absolute atomic E-state index is 0.0311. The Morgan fingerprint density at radius 2 is 1.47 bits per heavy atom. The van der Waals surface area contributed by atoms with Crippen LogP contribution in [-0.4, -0.2) is 32.2 Å². The zero-order chi connectivity index (χ0) is 12.8. The summed E-state index contributed by atoms with van der Waals surface area (Å²) in [6.07, 6.45) is 13.4. The highest BCUT2D eigenvalue weighted by atomic mass is 16.7. The fourth-order valence-electron chi connectivity index (χ4n) is 1.75. The van der Waals surface area contributed by atoms with Crippen LogP contribution in [0.1, 0.15) is 51.4 Å². The van der Waals surface area contributed by atoms with Crippen LogP contribution in [0.4, 0.5) is 0 Å².